The Balaban J connectivity index is 1.70. The SMILES string of the molecule is CC(=CCC(C)c1ccccc1)c1cccc2cc3ccccc3cc12. The lowest BCUT2D eigenvalue weighted by molar-refractivity contribution is 0.781. The van der Waals surface area contributed by atoms with Crippen molar-refractivity contribution in [3.63, 3.8) is 0 Å². The number of hydrogen-bond donors (Lipinski definition) is 0. The van der Waals surface area contributed by atoms with Gasteiger partial charge in [-0.05, 0) is 69.6 Å². The van der Waals surface area contributed by atoms with E-state index in [2.05, 4.69) is 105 Å². The third-order valence-corrected chi connectivity index (χ3v) is 5.32. The molecule has 4 aromatic carbocycles. The van der Waals surface area contributed by atoms with Gasteiger partial charge in [0.15, 0.2) is 0 Å². The Morgan fingerprint density at radius 1 is 0.769 bits per heavy atom. The Kier molecular flexibility index (Phi) is 4.58. The second kappa shape index (κ2) is 7.17. The van der Waals surface area contributed by atoms with Gasteiger partial charge in [0.05, 0.1) is 0 Å². The Morgan fingerprint density at radius 3 is 2.19 bits per heavy atom. The van der Waals surface area contributed by atoms with Crippen LogP contribution in [0.25, 0.3) is 27.1 Å². The van der Waals surface area contributed by atoms with Crippen molar-refractivity contribution in [2.45, 2.75) is 26.2 Å². The van der Waals surface area contributed by atoms with Crippen LogP contribution >= 0.6 is 0 Å². The molecule has 0 aliphatic heterocycles. The molecule has 128 valence electrons. The lowest BCUT2D eigenvalue weighted by Gasteiger charge is -2.12. The minimum Gasteiger partial charge on any atom is -0.0804 e. The first-order chi connectivity index (χ1) is 12.7. The van der Waals surface area contributed by atoms with E-state index in [0.29, 0.717) is 5.92 Å². The van der Waals surface area contributed by atoms with Crippen LogP contribution in [0.5, 0.6) is 0 Å². The van der Waals surface area contributed by atoms with E-state index in [1.807, 2.05) is 0 Å². The van der Waals surface area contributed by atoms with Gasteiger partial charge in [-0.25, -0.2) is 0 Å². The minimum atomic E-state index is 0.530. The van der Waals surface area contributed by atoms with Crippen molar-refractivity contribution in [2.24, 2.45) is 0 Å². The predicted octanol–water partition coefficient (Wildman–Crippen LogP) is 7.59. The van der Waals surface area contributed by atoms with Crippen LogP contribution in [0.15, 0.2) is 91.0 Å². The number of fused-ring (bicyclic) bond motifs is 2. The van der Waals surface area contributed by atoms with Gasteiger partial charge in [0, 0.05) is 0 Å². The van der Waals surface area contributed by atoms with Gasteiger partial charge in [-0.15, -0.1) is 0 Å². The van der Waals surface area contributed by atoms with Crippen molar-refractivity contribution < 1.29 is 0 Å². The van der Waals surface area contributed by atoms with Gasteiger partial charge < -0.3 is 0 Å². The summed E-state index contributed by atoms with van der Waals surface area (Å²) in [6.07, 6.45) is 3.45. The smallest absolute Gasteiger partial charge is 0.0102 e. The average Bonchev–Trinajstić information content (AvgIpc) is 2.70. The summed E-state index contributed by atoms with van der Waals surface area (Å²) in [6.45, 7) is 4.54. The maximum absolute atomic E-state index is 2.39. The average molecular weight is 336 g/mol. The largest absolute Gasteiger partial charge is 0.0804 e. The van der Waals surface area contributed by atoms with Gasteiger partial charge in [-0.3, -0.25) is 0 Å². The van der Waals surface area contributed by atoms with E-state index in [1.54, 1.807) is 0 Å². The number of allylic oxidation sites excluding steroid dienone is 2. The lowest BCUT2D eigenvalue weighted by atomic mass is 9.93. The Labute approximate surface area is 155 Å². The summed E-state index contributed by atoms with van der Waals surface area (Å²) in [5, 5.41) is 5.26. The van der Waals surface area contributed by atoms with E-state index in [-0.39, 0.29) is 0 Å². The van der Waals surface area contributed by atoms with Crippen LogP contribution in [-0.2, 0) is 0 Å². The highest BCUT2D eigenvalue weighted by molar-refractivity contribution is 6.02. The molecule has 0 heterocycles. The van der Waals surface area contributed by atoms with Crippen molar-refractivity contribution in [1.82, 2.24) is 0 Å². The zero-order valence-electron chi connectivity index (χ0n) is 15.4. The van der Waals surface area contributed by atoms with Gasteiger partial charge in [0.2, 0.25) is 0 Å². The summed E-state index contributed by atoms with van der Waals surface area (Å²) in [4.78, 5) is 0. The van der Waals surface area contributed by atoms with Crippen LogP contribution in [0.3, 0.4) is 0 Å². The maximum atomic E-state index is 2.39. The van der Waals surface area contributed by atoms with Crippen LogP contribution in [0.2, 0.25) is 0 Å². The fourth-order valence-corrected chi connectivity index (χ4v) is 3.69. The molecule has 0 radical (unpaired) electrons. The molecular weight excluding hydrogens is 312 g/mol. The molecule has 0 bridgehead atoms. The summed E-state index contributed by atoms with van der Waals surface area (Å²) in [5.74, 6) is 0.530. The molecule has 0 nitrogen and oxygen atoms in total. The van der Waals surface area contributed by atoms with Crippen molar-refractivity contribution in [3.8, 4) is 0 Å². The van der Waals surface area contributed by atoms with Crippen molar-refractivity contribution in [1.29, 1.82) is 0 Å². The molecule has 0 aromatic heterocycles. The second-order valence-electron chi connectivity index (χ2n) is 7.16. The minimum absolute atomic E-state index is 0.530. The van der Waals surface area contributed by atoms with Crippen molar-refractivity contribution >= 4 is 27.1 Å². The van der Waals surface area contributed by atoms with E-state index in [1.165, 1.54) is 38.2 Å². The van der Waals surface area contributed by atoms with Crippen LogP contribution in [0.4, 0.5) is 0 Å². The second-order valence-corrected chi connectivity index (χ2v) is 7.16. The van der Waals surface area contributed by atoms with E-state index >= 15 is 0 Å². The van der Waals surface area contributed by atoms with Gasteiger partial charge in [0.25, 0.3) is 0 Å². The molecule has 4 aromatic rings. The Hall–Kier alpha value is -2.86. The Bertz CT molecular complexity index is 1070. The number of rotatable bonds is 4. The first kappa shape index (κ1) is 16.6. The van der Waals surface area contributed by atoms with Crippen LogP contribution in [-0.4, -0.2) is 0 Å². The first-order valence-corrected chi connectivity index (χ1v) is 9.36. The van der Waals surface area contributed by atoms with E-state index < -0.39 is 0 Å². The van der Waals surface area contributed by atoms with E-state index in [4.69, 9.17) is 0 Å². The molecule has 0 amide bonds. The monoisotopic (exact) mass is 336 g/mol. The topological polar surface area (TPSA) is 0 Å². The summed E-state index contributed by atoms with van der Waals surface area (Å²) in [7, 11) is 0. The van der Waals surface area contributed by atoms with Gasteiger partial charge in [-0.2, -0.15) is 0 Å². The van der Waals surface area contributed by atoms with Gasteiger partial charge >= 0.3 is 0 Å². The van der Waals surface area contributed by atoms with Crippen LogP contribution in [0, 0.1) is 0 Å². The zero-order valence-corrected chi connectivity index (χ0v) is 15.4. The zero-order chi connectivity index (χ0) is 17.9. The molecule has 0 spiro atoms. The highest BCUT2D eigenvalue weighted by Gasteiger charge is 2.07. The molecule has 26 heavy (non-hydrogen) atoms. The quantitative estimate of drug-likeness (QED) is 0.337. The number of benzene rings is 4. The normalized spacial score (nSPS) is 13.2. The predicted molar refractivity (Wildman–Crippen MR) is 115 cm³/mol. The molecule has 0 heteroatoms. The third kappa shape index (κ3) is 3.28. The molecule has 0 aliphatic carbocycles. The molecule has 0 saturated heterocycles. The molecule has 1 unspecified atom stereocenters. The highest BCUT2D eigenvalue weighted by atomic mass is 14.1. The molecule has 0 aliphatic rings. The molecule has 0 saturated carbocycles. The van der Waals surface area contributed by atoms with Crippen LogP contribution < -0.4 is 0 Å². The summed E-state index contributed by atoms with van der Waals surface area (Å²) in [5.41, 5.74) is 4.10. The maximum Gasteiger partial charge on any atom is -0.0102 e. The van der Waals surface area contributed by atoms with Gasteiger partial charge in [0.1, 0.15) is 0 Å². The standard InChI is InChI=1S/C26H24/c1-19(21-9-4-3-5-10-21)15-16-20(2)25-14-8-13-24-17-22-11-6-7-12-23(22)18-26(24)25/h3-14,16-19H,15H2,1-2H3. The molecule has 0 fully saturated rings. The number of hydrogen-bond acceptors (Lipinski definition) is 0. The fraction of sp³-hybridized carbons (Fsp3) is 0.154. The van der Waals surface area contributed by atoms with Gasteiger partial charge in [-0.1, -0.05) is 85.8 Å². The molecular formula is C26H24. The highest BCUT2D eigenvalue weighted by Crippen LogP contribution is 2.30. The first-order valence-electron chi connectivity index (χ1n) is 9.36. The summed E-state index contributed by atoms with van der Waals surface area (Å²) < 4.78 is 0. The lowest BCUT2D eigenvalue weighted by Crippen LogP contribution is -1.92. The molecule has 4 rings (SSSR count). The van der Waals surface area contributed by atoms with Crippen molar-refractivity contribution in [2.75, 3.05) is 0 Å². The Morgan fingerprint density at radius 2 is 1.42 bits per heavy atom. The van der Waals surface area contributed by atoms with E-state index in [9.17, 15) is 0 Å². The van der Waals surface area contributed by atoms with Crippen molar-refractivity contribution in [3.05, 3.63) is 102 Å². The van der Waals surface area contributed by atoms with E-state index in [0.717, 1.165) is 6.42 Å². The molecule has 1 atom stereocenters. The third-order valence-electron chi connectivity index (χ3n) is 5.32. The molecule has 0 N–H and O–H groups in total. The summed E-state index contributed by atoms with van der Waals surface area (Å²) in [6, 6.07) is 30.6. The summed E-state index contributed by atoms with van der Waals surface area (Å²) >= 11 is 0. The fourth-order valence-electron chi connectivity index (χ4n) is 3.69. The van der Waals surface area contributed by atoms with Crippen LogP contribution in [0.1, 0.15) is 37.3 Å².